The van der Waals surface area contributed by atoms with Gasteiger partial charge in [-0.15, -0.1) is 0 Å². The van der Waals surface area contributed by atoms with Crippen LogP contribution in [0.2, 0.25) is 0 Å². The Labute approximate surface area is 133 Å². The first-order chi connectivity index (χ1) is 10.6. The molecule has 0 saturated carbocycles. The third-order valence-electron chi connectivity index (χ3n) is 3.97. The van der Waals surface area contributed by atoms with Crippen molar-refractivity contribution in [1.29, 1.82) is 0 Å². The van der Waals surface area contributed by atoms with Gasteiger partial charge >= 0.3 is 0 Å². The third kappa shape index (κ3) is 6.96. The van der Waals surface area contributed by atoms with Gasteiger partial charge in [-0.05, 0) is 11.8 Å². The Morgan fingerprint density at radius 3 is 1.73 bits per heavy atom. The highest BCUT2D eigenvalue weighted by atomic mass is 16.5. The predicted octanol–water partition coefficient (Wildman–Crippen LogP) is 1.27. The molecule has 0 spiro atoms. The summed E-state index contributed by atoms with van der Waals surface area (Å²) in [7, 11) is 3.20. The van der Waals surface area contributed by atoms with E-state index in [0.29, 0.717) is 39.6 Å². The SMILES string of the molecule is COCCOCC(C)C([C]=O)(CC=O)C(C)COCCOC. The number of hydrogen-bond acceptors (Lipinski definition) is 6. The van der Waals surface area contributed by atoms with E-state index in [2.05, 4.69) is 6.29 Å². The van der Waals surface area contributed by atoms with Gasteiger partial charge in [0, 0.05) is 20.6 Å². The Hall–Kier alpha value is -0.820. The zero-order valence-corrected chi connectivity index (χ0v) is 14.1. The van der Waals surface area contributed by atoms with Gasteiger partial charge in [0.05, 0.1) is 45.1 Å². The van der Waals surface area contributed by atoms with E-state index in [1.807, 2.05) is 13.8 Å². The maximum absolute atomic E-state index is 11.6. The molecule has 6 nitrogen and oxygen atoms in total. The lowest BCUT2D eigenvalue weighted by molar-refractivity contribution is -0.111. The molecule has 0 aromatic carbocycles. The molecule has 22 heavy (non-hydrogen) atoms. The van der Waals surface area contributed by atoms with Crippen molar-refractivity contribution in [2.75, 3.05) is 53.9 Å². The second-order valence-electron chi connectivity index (χ2n) is 5.45. The molecule has 0 aromatic rings. The lowest BCUT2D eigenvalue weighted by Gasteiger charge is -2.37. The van der Waals surface area contributed by atoms with Crippen molar-refractivity contribution in [2.45, 2.75) is 20.3 Å². The molecule has 0 bridgehead atoms. The summed E-state index contributed by atoms with van der Waals surface area (Å²) in [6.45, 7) is 6.43. The van der Waals surface area contributed by atoms with E-state index in [0.717, 1.165) is 6.29 Å². The molecule has 1 radical (unpaired) electrons. The molecule has 6 heteroatoms. The van der Waals surface area contributed by atoms with Gasteiger partial charge in [0.25, 0.3) is 0 Å². The molecular formula is C16H29O6. The Bertz CT molecular complexity index is 276. The molecule has 0 rings (SSSR count). The van der Waals surface area contributed by atoms with Crippen molar-refractivity contribution in [3.8, 4) is 0 Å². The van der Waals surface area contributed by atoms with Crippen LogP contribution in [0.15, 0.2) is 0 Å². The quantitative estimate of drug-likeness (QED) is 0.335. The van der Waals surface area contributed by atoms with Crippen LogP contribution in [-0.2, 0) is 28.5 Å². The monoisotopic (exact) mass is 317 g/mol. The van der Waals surface area contributed by atoms with E-state index in [4.69, 9.17) is 18.9 Å². The van der Waals surface area contributed by atoms with Crippen LogP contribution in [0.25, 0.3) is 0 Å². The van der Waals surface area contributed by atoms with E-state index in [1.165, 1.54) is 0 Å². The fourth-order valence-corrected chi connectivity index (χ4v) is 2.37. The second kappa shape index (κ2) is 12.7. The van der Waals surface area contributed by atoms with Gasteiger partial charge in [-0.2, -0.15) is 0 Å². The highest BCUT2D eigenvalue weighted by molar-refractivity contribution is 5.68. The van der Waals surface area contributed by atoms with Crippen LogP contribution in [0.4, 0.5) is 0 Å². The fourth-order valence-electron chi connectivity index (χ4n) is 2.37. The molecule has 0 heterocycles. The molecule has 0 fully saturated rings. The van der Waals surface area contributed by atoms with Gasteiger partial charge < -0.3 is 23.7 Å². The maximum Gasteiger partial charge on any atom is 0.206 e. The number of hydrogen-bond donors (Lipinski definition) is 0. The predicted molar refractivity (Wildman–Crippen MR) is 82.5 cm³/mol. The van der Waals surface area contributed by atoms with Crippen molar-refractivity contribution in [3.05, 3.63) is 0 Å². The zero-order valence-electron chi connectivity index (χ0n) is 14.1. The topological polar surface area (TPSA) is 71.1 Å². The number of aldehydes is 1. The Morgan fingerprint density at radius 1 is 0.955 bits per heavy atom. The first-order valence-corrected chi connectivity index (χ1v) is 7.55. The zero-order chi connectivity index (χ0) is 16.8. The van der Waals surface area contributed by atoms with E-state index < -0.39 is 5.41 Å². The van der Waals surface area contributed by atoms with Crippen molar-refractivity contribution in [2.24, 2.45) is 17.3 Å². The molecule has 0 aliphatic heterocycles. The van der Waals surface area contributed by atoms with Gasteiger partial charge in [-0.25, -0.2) is 0 Å². The summed E-state index contributed by atoms with van der Waals surface area (Å²) in [6, 6.07) is 0. The second-order valence-corrected chi connectivity index (χ2v) is 5.45. The smallest absolute Gasteiger partial charge is 0.206 e. The van der Waals surface area contributed by atoms with E-state index in [-0.39, 0.29) is 18.3 Å². The maximum atomic E-state index is 11.6. The van der Waals surface area contributed by atoms with Crippen LogP contribution in [0.5, 0.6) is 0 Å². The van der Waals surface area contributed by atoms with E-state index >= 15 is 0 Å². The fraction of sp³-hybridized carbons (Fsp3) is 0.875. The largest absolute Gasteiger partial charge is 0.382 e. The highest BCUT2D eigenvalue weighted by Gasteiger charge is 2.42. The summed E-state index contributed by atoms with van der Waals surface area (Å²) in [4.78, 5) is 22.7. The standard InChI is InChI=1S/C16H29O6/c1-14(11-21-9-7-19-3)16(13-18,5-6-17)15(2)12-22-10-8-20-4/h6,14-15H,5,7-12H2,1-4H3. The molecule has 0 saturated heterocycles. The van der Waals surface area contributed by atoms with E-state index in [1.54, 1.807) is 14.2 Å². The number of rotatable bonds is 15. The number of carbonyl (C=O) groups is 1. The van der Waals surface area contributed by atoms with Crippen LogP contribution >= 0.6 is 0 Å². The lowest BCUT2D eigenvalue weighted by atomic mass is 9.67. The Balaban J connectivity index is 4.65. The van der Waals surface area contributed by atoms with Gasteiger partial charge in [-0.1, -0.05) is 13.8 Å². The highest BCUT2D eigenvalue weighted by Crippen LogP contribution is 2.37. The first-order valence-electron chi connectivity index (χ1n) is 7.55. The van der Waals surface area contributed by atoms with Crippen molar-refractivity contribution < 1.29 is 28.5 Å². The van der Waals surface area contributed by atoms with E-state index in [9.17, 15) is 9.59 Å². The lowest BCUT2D eigenvalue weighted by Crippen LogP contribution is -2.42. The average molecular weight is 317 g/mol. The third-order valence-corrected chi connectivity index (χ3v) is 3.97. The summed E-state index contributed by atoms with van der Waals surface area (Å²) < 4.78 is 20.8. The molecule has 129 valence electrons. The van der Waals surface area contributed by atoms with Crippen LogP contribution < -0.4 is 0 Å². The normalized spacial score (nSPS) is 16.7. The van der Waals surface area contributed by atoms with Crippen LogP contribution in [0.1, 0.15) is 20.3 Å². The van der Waals surface area contributed by atoms with Gasteiger partial charge in [0.2, 0.25) is 6.29 Å². The molecule has 2 atom stereocenters. The Morgan fingerprint density at radius 2 is 1.41 bits per heavy atom. The van der Waals surface area contributed by atoms with Gasteiger partial charge in [0.15, 0.2) is 0 Å². The summed E-state index contributed by atoms with van der Waals surface area (Å²) in [5.74, 6) is -0.291. The van der Waals surface area contributed by atoms with Crippen LogP contribution in [0, 0.1) is 17.3 Å². The molecule has 0 amide bonds. The average Bonchev–Trinajstić information content (AvgIpc) is 2.53. The molecule has 2 unspecified atom stereocenters. The number of ether oxygens (including phenoxy) is 4. The van der Waals surface area contributed by atoms with Crippen LogP contribution in [0.3, 0.4) is 0 Å². The number of carbonyl (C=O) groups excluding carboxylic acids is 2. The van der Waals surface area contributed by atoms with Crippen molar-refractivity contribution in [1.82, 2.24) is 0 Å². The molecule has 0 N–H and O–H groups in total. The molecule has 0 aromatic heterocycles. The summed E-state index contributed by atoms with van der Waals surface area (Å²) in [6.07, 6.45) is 2.97. The van der Waals surface area contributed by atoms with Crippen molar-refractivity contribution >= 4 is 12.6 Å². The summed E-state index contributed by atoms with van der Waals surface area (Å²) in [5.41, 5.74) is -0.901. The van der Waals surface area contributed by atoms with Gasteiger partial charge in [0.1, 0.15) is 6.29 Å². The van der Waals surface area contributed by atoms with Crippen LogP contribution in [-0.4, -0.2) is 66.4 Å². The summed E-state index contributed by atoms with van der Waals surface area (Å²) >= 11 is 0. The van der Waals surface area contributed by atoms with Gasteiger partial charge in [-0.3, -0.25) is 4.79 Å². The molecular weight excluding hydrogens is 288 g/mol. The first kappa shape index (κ1) is 21.2. The number of methoxy groups -OCH3 is 2. The minimum absolute atomic E-state index is 0.111. The molecule has 0 aliphatic rings. The van der Waals surface area contributed by atoms with Crippen molar-refractivity contribution in [3.63, 3.8) is 0 Å². The minimum Gasteiger partial charge on any atom is -0.382 e. The Kier molecular flexibility index (Phi) is 12.2. The minimum atomic E-state index is -0.901. The summed E-state index contributed by atoms with van der Waals surface area (Å²) in [5, 5.41) is 0. The molecule has 0 aliphatic carbocycles.